The molecule has 0 aliphatic rings. The van der Waals surface area contributed by atoms with Crippen molar-refractivity contribution in [3.8, 4) is 0 Å². The minimum absolute atomic E-state index is 0.0347. The van der Waals surface area contributed by atoms with Gasteiger partial charge in [0.05, 0.1) is 6.54 Å². The van der Waals surface area contributed by atoms with Crippen molar-refractivity contribution >= 4 is 38.6 Å². The first-order valence-corrected chi connectivity index (χ1v) is 10.6. The smallest absolute Gasteiger partial charge is 0.255 e. The van der Waals surface area contributed by atoms with Crippen LogP contribution >= 0.6 is 15.9 Å². The number of benzene rings is 2. The number of rotatable bonds is 5. The predicted octanol–water partition coefficient (Wildman–Crippen LogP) is 5.29. The van der Waals surface area contributed by atoms with Gasteiger partial charge in [-0.05, 0) is 58.1 Å². The zero-order valence-electron chi connectivity index (χ0n) is 17.6. The summed E-state index contributed by atoms with van der Waals surface area (Å²) < 4.78 is 0.957. The van der Waals surface area contributed by atoms with Gasteiger partial charge in [-0.25, -0.2) is 0 Å². The van der Waals surface area contributed by atoms with Crippen LogP contribution in [0.2, 0.25) is 0 Å². The molecule has 6 heteroatoms. The summed E-state index contributed by atoms with van der Waals surface area (Å²) >= 11 is 3.46. The number of H-pyrrole nitrogens is 1. The van der Waals surface area contributed by atoms with Gasteiger partial charge >= 0.3 is 0 Å². The molecule has 3 rings (SSSR count). The number of fused-ring (bicyclic) bond motifs is 1. The minimum atomic E-state index is -0.203. The molecule has 3 aromatic rings. The Morgan fingerprint density at radius 3 is 2.33 bits per heavy atom. The number of carbonyl (C=O) groups is 2. The van der Waals surface area contributed by atoms with Gasteiger partial charge in [0.25, 0.3) is 11.8 Å². The normalized spacial score (nSPS) is 12.1. The monoisotopic (exact) mass is 467 g/mol. The molecule has 0 fully saturated rings. The molecule has 0 radical (unpaired) electrons. The van der Waals surface area contributed by atoms with Crippen LogP contribution in [-0.4, -0.2) is 23.3 Å². The van der Waals surface area contributed by atoms with Crippen LogP contribution in [0.4, 0.5) is 0 Å². The number of aromatic nitrogens is 1. The molecule has 0 saturated carbocycles. The highest BCUT2D eigenvalue weighted by molar-refractivity contribution is 9.10. The summed E-state index contributed by atoms with van der Waals surface area (Å²) in [7, 11) is 0. The van der Waals surface area contributed by atoms with Gasteiger partial charge < -0.3 is 15.6 Å². The molecule has 2 amide bonds. The number of hydrogen-bond donors (Lipinski definition) is 3. The lowest BCUT2D eigenvalue weighted by atomic mass is 9.87. The zero-order valence-corrected chi connectivity index (χ0v) is 19.2. The second-order valence-electron chi connectivity index (χ2n) is 8.18. The highest BCUT2D eigenvalue weighted by Gasteiger charge is 2.15. The van der Waals surface area contributed by atoms with E-state index in [0.29, 0.717) is 16.8 Å². The van der Waals surface area contributed by atoms with E-state index in [1.54, 1.807) is 18.2 Å². The van der Waals surface area contributed by atoms with E-state index < -0.39 is 0 Å². The largest absolute Gasteiger partial charge is 0.360 e. The van der Waals surface area contributed by atoms with Gasteiger partial charge in [-0.3, -0.25) is 9.59 Å². The van der Waals surface area contributed by atoms with Crippen LogP contribution in [-0.2, 0) is 5.41 Å². The third-order valence-corrected chi connectivity index (χ3v) is 5.62. The van der Waals surface area contributed by atoms with Crippen molar-refractivity contribution in [3.63, 3.8) is 0 Å². The van der Waals surface area contributed by atoms with Crippen molar-refractivity contribution in [1.82, 2.24) is 15.6 Å². The third kappa shape index (κ3) is 5.00. The third-order valence-electron chi connectivity index (χ3n) is 4.97. The Morgan fingerprint density at radius 2 is 1.70 bits per heavy atom. The van der Waals surface area contributed by atoms with Gasteiger partial charge in [-0.2, -0.15) is 0 Å². The summed E-state index contributed by atoms with van der Waals surface area (Å²) in [6, 6.07) is 13.1. The standard InChI is InChI=1S/C24H26BrN3O2/c1-5-18(28-23(30)15-6-9-17(10-7-15)24(2,3)4)13-27-22(29)16-8-11-19-20(25)14-26-21(19)12-16/h5-12,14,26H,13H2,1-4H3,(H,27,29)(H,28,30)/b18-5+. The maximum Gasteiger partial charge on any atom is 0.255 e. The number of carbonyl (C=O) groups excluding carboxylic acids is 2. The van der Waals surface area contributed by atoms with E-state index in [2.05, 4.69) is 52.3 Å². The van der Waals surface area contributed by atoms with Crippen LogP contribution < -0.4 is 10.6 Å². The quantitative estimate of drug-likeness (QED) is 0.476. The summed E-state index contributed by atoms with van der Waals surface area (Å²) in [4.78, 5) is 28.2. The van der Waals surface area contributed by atoms with Gasteiger partial charge in [0.15, 0.2) is 0 Å². The number of halogens is 1. The molecule has 0 saturated heterocycles. The van der Waals surface area contributed by atoms with Crippen molar-refractivity contribution in [1.29, 1.82) is 0 Å². The molecule has 3 N–H and O–H groups in total. The van der Waals surface area contributed by atoms with Crippen LogP contribution in [0.3, 0.4) is 0 Å². The van der Waals surface area contributed by atoms with E-state index in [0.717, 1.165) is 15.4 Å². The van der Waals surface area contributed by atoms with Crippen molar-refractivity contribution in [2.24, 2.45) is 0 Å². The Labute approximate surface area is 185 Å². The Bertz CT molecular complexity index is 1110. The molecule has 5 nitrogen and oxygen atoms in total. The average Bonchev–Trinajstić information content (AvgIpc) is 3.10. The van der Waals surface area contributed by atoms with Crippen LogP contribution in [0.15, 0.2) is 64.9 Å². The molecule has 2 aromatic carbocycles. The van der Waals surface area contributed by atoms with Gasteiger partial charge in [0, 0.05) is 38.4 Å². The molecular weight excluding hydrogens is 442 g/mol. The molecular formula is C24H26BrN3O2. The molecule has 1 aromatic heterocycles. The van der Waals surface area contributed by atoms with E-state index in [-0.39, 0.29) is 23.8 Å². The summed E-state index contributed by atoms with van der Waals surface area (Å²) in [5.41, 5.74) is 3.86. The van der Waals surface area contributed by atoms with Crippen LogP contribution in [0.25, 0.3) is 10.9 Å². The lowest BCUT2D eigenvalue weighted by Crippen LogP contribution is -2.33. The van der Waals surface area contributed by atoms with Gasteiger partial charge in [-0.1, -0.05) is 45.0 Å². The summed E-state index contributed by atoms with van der Waals surface area (Å²) in [6.07, 6.45) is 3.63. The highest BCUT2D eigenvalue weighted by Crippen LogP contribution is 2.24. The fourth-order valence-electron chi connectivity index (χ4n) is 3.07. The zero-order chi connectivity index (χ0) is 21.9. The van der Waals surface area contributed by atoms with E-state index in [4.69, 9.17) is 0 Å². The van der Waals surface area contributed by atoms with Gasteiger partial charge in [0.2, 0.25) is 0 Å². The molecule has 0 atom stereocenters. The maximum atomic E-state index is 12.6. The SMILES string of the molecule is C/C=C(\CNC(=O)c1ccc2c(Br)c[nH]c2c1)NC(=O)c1ccc(C(C)(C)C)cc1. The van der Waals surface area contributed by atoms with E-state index in [1.807, 2.05) is 43.5 Å². The topological polar surface area (TPSA) is 74.0 Å². The van der Waals surface area contributed by atoms with Gasteiger partial charge in [-0.15, -0.1) is 0 Å². The second-order valence-corrected chi connectivity index (χ2v) is 9.03. The molecule has 0 spiro atoms. The molecule has 0 bridgehead atoms. The Kier molecular flexibility index (Phi) is 6.46. The first-order chi connectivity index (χ1) is 14.2. The van der Waals surface area contributed by atoms with E-state index in [9.17, 15) is 9.59 Å². The lowest BCUT2D eigenvalue weighted by molar-refractivity contribution is 0.0938. The van der Waals surface area contributed by atoms with Crippen molar-refractivity contribution in [3.05, 3.63) is 81.6 Å². The average molecular weight is 468 g/mol. The summed E-state index contributed by atoms with van der Waals surface area (Å²) in [6.45, 7) is 8.46. The molecule has 30 heavy (non-hydrogen) atoms. The molecule has 156 valence electrons. The van der Waals surface area contributed by atoms with Crippen LogP contribution in [0, 0.1) is 0 Å². The number of nitrogens with one attached hydrogen (secondary N) is 3. The van der Waals surface area contributed by atoms with Gasteiger partial charge in [0.1, 0.15) is 0 Å². The Morgan fingerprint density at radius 1 is 1.03 bits per heavy atom. The van der Waals surface area contributed by atoms with Crippen LogP contribution in [0.5, 0.6) is 0 Å². The van der Waals surface area contributed by atoms with Crippen molar-refractivity contribution in [2.75, 3.05) is 6.54 Å². The van der Waals surface area contributed by atoms with Crippen LogP contribution in [0.1, 0.15) is 54.0 Å². The maximum absolute atomic E-state index is 12.6. The first kappa shape index (κ1) is 21.8. The molecule has 1 heterocycles. The fraction of sp³-hybridized carbons (Fsp3) is 0.250. The molecule has 0 aliphatic carbocycles. The fourth-order valence-corrected chi connectivity index (χ4v) is 3.53. The number of aromatic amines is 1. The molecule has 0 aliphatic heterocycles. The molecule has 0 unspecified atom stereocenters. The van der Waals surface area contributed by atoms with E-state index in [1.165, 1.54) is 5.56 Å². The van der Waals surface area contributed by atoms with Crippen molar-refractivity contribution in [2.45, 2.75) is 33.1 Å². The van der Waals surface area contributed by atoms with E-state index >= 15 is 0 Å². The summed E-state index contributed by atoms with van der Waals surface area (Å²) in [5, 5.41) is 6.75. The summed E-state index contributed by atoms with van der Waals surface area (Å²) in [5.74, 6) is -0.402. The highest BCUT2D eigenvalue weighted by atomic mass is 79.9. The Hall–Kier alpha value is -2.86. The Balaban J connectivity index is 1.61. The lowest BCUT2D eigenvalue weighted by Gasteiger charge is -2.19. The predicted molar refractivity (Wildman–Crippen MR) is 125 cm³/mol. The van der Waals surface area contributed by atoms with Crippen molar-refractivity contribution < 1.29 is 9.59 Å². The first-order valence-electron chi connectivity index (χ1n) is 9.81. The number of hydrogen-bond acceptors (Lipinski definition) is 2. The number of amides is 2. The second kappa shape index (κ2) is 8.88. The minimum Gasteiger partial charge on any atom is -0.360 e. The number of allylic oxidation sites excluding steroid dienone is 1.